The van der Waals surface area contributed by atoms with Gasteiger partial charge in [0.1, 0.15) is 12.7 Å². The topological polar surface area (TPSA) is 127 Å². The van der Waals surface area contributed by atoms with Gasteiger partial charge in [-0.15, -0.1) is 5.10 Å². The smallest absolute Gasteiger partial charge is 0.418 e. The Balaban J connectivity index is 1.64. The fourth-order valence-corrected chi connectivity index (χ4v) is 4.03. The number of pyridine rings is 1. The Hall–Kier alpha value is -3.61. The lowest BCUT2D eigenvalue weighted by Gasteiger charge is -2.23. The number of alkyl halides is 3. The van der Waals surface area contributed by atoms with E-state index in [2.05, 4.69) is 20.5 Å². The van der Waals surface area contributed by atoms with Gasteiger partial charge in [0.25, 0.3) is 5.91 Å². The number of hydrogen-bond donors (Lipinski definition) is 3. The second-order valence-corrected chi connectivity index (χ2v) is 8.96. The lowest BCUT2D eigenvalue weighted by atomic mass is 9.92. The molecule has 4 rings (SSSR count). The van der Waals surface area contributed by atoms with Crippen LogP contribution in [0, 0.1) is 6.92 Å². The molecule has 1 aliphatic rings. The molecule has 1 atom stereocenters. The van der Waals surface area contributed by atoms with Crippen molar-refractivity contribution in [3.05, 3.63) is 65.1 Å². The average Bonchev–Trinajstić information content (AvgIpc) is 2.92. The molecule has 9 nitrogen and oxygen atoms in total. The summed E-state index contributed by atoms with van der Waals surface area (Å²) in [4.78, 5) is 17.3. The lowest BCUT2D eigenvalue weighted by molar-refractivity contribution is -0.137. The van der Waals surface area contributed by atoms with Gasteiger partial charge >= 0.3 is 6.18 Å². The lowest BCUT2D eigenvalue weighted by Crippen LogP contribution is -2.22. The maximum absolute atomic E-state index is 13.0. The molecule has 3 heterocycles. The highest BCUT2D eigenvalue weighted by molar-refractivity contribution is 6.03. The number of aliphatic hydroxyl groups is 2. The number of aryl methyl sites for hydroxylation is 1. The summed E-state index contributed by atoms with van der Waals surface area (Å²) in [5.74, 6) is -0.431. The van der Waals surface area contributed by atoms with Crippen molar-refractivity contribution in [2.24, 2.45) is 0 Å². The summed E-state index contributed by atoms with van der Waals surface area (Å²) in [6.07, 6.45) is -3.60. The van der Waals surface area contributed by atoms with Crippen LogP contribution in [0.1, 0.15) is 46.1 Å². The fourth-order valence-electron chi connectivity index (χ4n) is 4.03. The third kappa shape index (κ3) is 6.82. The highest BCUT2D eigenvalue weighted by Crippen LogP contribution is 2.34. The number of ether oxygens (including phenoxy) is 2. The predicted molar refractivity (Wildman–Crippen MR) is 131 cm³/mol. The number of carbonyl (C=O) groups excluding carboxylic acids is 1. The van der Waals surface area contributed by atoms with Gasteiger partial charge in [-0.2, -0.15) is 18.3 Å². The van der Waals surface area contributed by atoms with E-state index in [1.54, 1.807) is 24.3 Å². The normalized spacial score (nSPS) is 15.2. The van der Waals surface area contributed by atoms with Crippen LogP contribution >= 0.6 is 0 Å². The molecule has 0 radical (unpaired) electrons. The number of amides is 1. The van der Waals surface area contributed by atoms with Crippen LogP contribution in [0.5, 0.6) is 5.88 Å². The van der Waals surface area contributed by atoms with Crippen LogP contribution in [0.25, 0.3) is 11.1 Å². The summed E-state index contributed by atoms with van der Waals surface area (Å²) in [5.41, 5.74) is 1.94. The van der Waals surface area contributed by atoms with Gasteiger partial charge in [-0.25, -0.2) is 4.98 Å². The quantitative estimate of drug-likeness (QED) is 0.401. The summed E-state index contributed by atoms with van der Waals surface area (Å²) in [6, 6.07) is 9.37. The van der Waals surface area contributed by atoms with Crippen molar-refractivity contribution in [2.75, 3.05) is 31.7 Å². The summed E-state index contributed by atoms with van der Waals surface area (Å²) in [5, 5.41) is 28.2. The first kappa shape index (κ1) is 27.4. The van der Waals surface area contributed by atoms with Crippen molar-refractivity contribution in [2.45, 2.75) is 38.0 Å². The third-order valence-electron chi connectivity index (χ3n) is 6.12. The molecule has 202 valence electrons. The number of halogens is 3. The first-order chi connectivity index (χ1) is 18.1. The molecule has 1 amide bonds. The summed E-state index contributed by atoms with van der Waals surface area (Å²) >= 11 is 0. The standard InChI is InChI=1S/C26H27F3N4O5/c1-15-2-3-19(31-25(36)23-10-18(12-30-33-23)26(27,28)29)11-21(15)17-8-22(16-4-6-37-7-5-16)32-24(9-17)38-14-20(35)13-34/h2-3,8-12,16,20,34-35H,4-7,13-14H2,1H3,(H,31,36)/t20-/m1/s1. The second kappa shape index (κ2) is 11.8. The highest BCUT2D eigenvalue weighted by atomic mass is 19.4. The number of aromatic nitrogens is 3. The summed E-state index contributed by atoms with van der Waals surface area (Å²) < 4.78 is 50.2. The number of aliphatic hydroxyl groups excluding tert-OH is 2. The van der Waals surface area contributed by atoms with Crippen LogP contribution < -0.4 is 10.1 Å². The van der Waals surface area contributed by atoms with Crippen molar-refractivity contribution in [1.29, 1.82) is 0 Å². The van der Waals surface area contributed by atoms with E-state index in [0.717, 1.165) is 35.2 Å². The molecule has 1 aliphatic heterocycles. The summed E-state index contributed by atoms with van der Waals surface area (Å²) in [6.45, 7) is 2.49. The zero-order valence-electron chi connectivity index (χ0n) is 20.5. The van der Waals surface area contributed by atoms with Crippen molar-refractivity contribution < 1.29 is 37.7 Å². The fraction of sp³-hybridized carbons (Fsp3) is 0.385. The van der Waals surface area contributed by atoms with E-state index in [1.807, 2.05) is 13.0 Å². The molecule has 0 unspecified atom stereocenters. The molecule has 3 N–H and O–H groups in total. The maximum Gasteiger partial charge on any atom is 0.418 e. The van der Waals surface area contributed by atoms with E-state index in [9.17, 15) is 23.1 Å². The molecule has 1 aromatic carbocycles. The van der Waals surface area contributed by atoms with Crippen LogP contribution in [-0.4, -0.2) is 63.8 Å². The molecular weight excluding hydrogens is 505 g/mol. The maximum atomic E-state index is 13.0. The number of benzene rings is 1. The van der Waals surface area contributed by atoms with E-state index in [4.69, 9.17) is 14.6 Å². The largest absolute Gasteiger partial charge is 0.475 e. The van der Waals surface area contributed by atoms with Gasteiger partial charge in [-0.3, -0.25) is 4.79 Å². The van der Waals surface area contributed by atoms with E-state index in [1.165, 1.54) is 0 Å². The predicted octanol–water partition coefficient (Wildman–Crippen LogP) is 3.74. The first-order valence-corrected chi connectivity index (χ1v) is 12.0. The molecule has 1 fully saturated rings. The zero-order valence-corrected chi connectivity index (χ0v) is 20.5. The average molecular weight is 533 g/mol. The monoisotopic (exact) mass is 532 g/mol. The van der Waals surface area contributed by atoms with Crippen LogP contribution in [0.15, 0.2) is 42.6 Å². The Bertz CT molecular complexity index is 1280. The van der Waals surface area contributed by atoms with E-state index >= 15 is 0 Å². The minimum absolute atomic E-state index is 0.136. The molecule has 0 bridgehead atoms. The van der Waals surface area contributed by atoms with Gasteiger partial charge in [0.15, 0.2) is 5.69 Å². The Kier molecular flexibility index (Phi) is 8.55. The molecular formula is C26H27F3N4O5. The van der Waals surface area contributed by atoms with Gasteiger partial charge in [0, 0.05) is 36.6 Å². The van der Waals surface area contributed by atoms with Crippen molar-refractivity contribution in [1.82, 2.24) is 15.2 Å². The Morgan fingerprint density at radius 1 is 1.21 bits per heavy atom. The van der Waals surface area contributed by atoms with Crippen molar-refractivity contribution in [3.8, 4) is 17.0 Å². The van der Waals surface area contributed by atoms with E-state index in [-0.39, 0.29) is 18.4 Å². The Morgan fingerprint density at radius 3 is 2.68 bits per heavy atom. The van der Waals surface area contributed by atoms with E-state index in [0.29, 0.717) is 31.2 Å². The number of nitrogens with zero attached hydrogens (tertiary/aromatic N) is 3. The SMILES string of the molecule is Cc1ccc(NC(=O)c2cc(C(F)(F)F)cnn2)cc1-c1cc(OC[C@H](O)CO)nc(C2CCOCC2)c1. The van der Waals surface area contributed by atoms with Crippen molar-refractivity contribution >= 4 is 11.6 Å². The Morgan fingerprint density at radius 2 is 1.97 bits per heavy atom. The molecule has 0 spiro atoms. The van der Waals surface area contributed by atoms with Gasteiger partial charge in [0.05, 0.1) is 18.4 Å². The molecule has 0 saturated carbocycles. The molecule has 1 saturated heterocycles. The van der Waals surface area contributed by atoms with Crippen LogP contribution in [0.3, 0.4) is 0 Å². The molecule has 3 aromatic rings. The van der Waals surface area contributed by atoms with Crippen LogP contribution in [-0.2, 0) is 10.9 Å². The molecule has 2 aromatic heterocycles. The summed E-state index contributed by atoms with van der Waals surface area (Å²) in [7, 11) is 0. The minimum atomic E-state index is -4.65. The number of anilines is 1. The highest BCUT2D eigenvalue weighted by Gasteiger charge is 2.32. The Labute approximate surface area is 216 Å². The van der Waals surface area contributed by atoms with Crippen LogP contribution in [0.2, 0.25) is 0 Å². The molecule has 12 heteroatoms. The number of hydrogen-bond acceptors (Lipinski definition) is 8. The number of rotatable bonds is 8. The molecule has 38 heavy (non-hydrogen) atoms. The van der Waals surface area contributed by atoms with Gasteiger partial charge in [-0.1, -0.05) is 6.07 Å². The van der Waals surface area contributed by atoms with Gasteiger partial charge < -0.3 is 25.0 Å². The van der Waals surface area contributed by atoms with E-state index < -0.39 is 36.1 Å². The van der Waals surface area contributed by atoms with Gasteiger partial charge in [0.2, 0.25) is 5.88 Å². The minimum Gasteiger partial charge on any atom is -0.475 e. The third-order valence-corrected chi connectivity index (χ3v) is 6.12. The second-order valence-electron chi connectivity index (χ2n) is 8.96. The van der Waals surface area contributed by atoms with Crippen molar-refractivity contribution in [3.63, 3.8) is 0 Å². The molecule has 0 aliphatic carbocycles. The number of nitrogens with one attached hydrogen (secondary N) is 1. The number of carbonyl (C=O) groups is 1. The van der Waals surface area contributed by atoms with Crippen LogP contribution in [0.4, 0.5) is 18.9 Å². The first-order valence-electron chi connectivity index (χ1n) is 12.0. The zero-order chi connectivity index (χ0) is 27.3. The van der Waals surface area contributed by atoms with Gasteiger partial charge in [-0.05, 0) is 60.7 Å².